The minimum Gasteiger partial charge on any atom is -0.482 e. The number of benzene rings is 2. The van der Waals surface area contributed by atoms with E-state index in [1.54, 1.807) is 42.5 Å². The first-order chi connectivity index (χ1) is 15.4. The molecule has 1 N–H and O–H groups in total. The SMILES string of the molecule is Cc1nc(-c2ccc3c(c2)N(CC(=O)c2ccc4c(c2)NC(=O)C(C)O4)C(=O)CO3)cs1. The number of nitrogens with zero attached hydrogens (tertiary/aromatic N) is 2. The van der Waals surface area contributed by atoms with Gasteiger partial charge in [-0.25, -0.2) is 4.98 Å². The van der Waals surface area contributed by atoms with E-state index >= 15 is 0 Å². The van der Waals surface area contributed by atoms with Crippen LogP contribution in [0.5, 0.6) is 11.5 Å². The van der Waals surface area contributed by atoms with Crippen molar-refractivity contribution in [2.75, 3.05) is 23.4 Å². The van der Waals surface area contributed by atoms with Gasteiger partial charge in [-0.1, -0.05) is 0 Å². The molecule has 0 fully saturated rings. The van der Waals surface area contributed by atoms with Crippen LogP contribution in [0.4, 0.5) is 11.4 Å². The fraction of sp³-hybridized carbons (Fsp3) is 0.217. The van der Waals surface area contributed by atoms with Crippen molar-refractivity contribution < 1.29 is 23.9 Å². The molecule has 8 nitrogen and oxygen atoms in total. The zero-order valence-corrected chi connectivity index (χ0v) is 18.2. The Hall–Kier alpha value is -3.72. The molecule has 32 heavy (non-hydrogen) atoms. The van der Waals surface area contributed by atoms with Crippen molar-refractivity contribution in [1.82, 2.24) is 4.98 Å². The number of aromatic nitrogens is 1. The molecule has 3 heterocycles. The van der Waals surface area contributed by atoms with Crippen LogP contribution in [-0.2, 0) is 9.59 Å². The molecule has 162 valence electrons. The van der Waals surface area contributed by atoms with Crippen molar-refractivity contribution in [3.05, 3.63) is 52.3 Å². The number of amides is 2. The zero-order chi connectivity index (χ0) is 22.4. The summed E-state index contributed by atoms with van der Waals surface area (Å²) in [5, 5.41) is 5.62. The van der Waals surface area contributed by atoms with Gasteiger partial charge in [-0.3, -0.25) is 19.3 Å². The van der Waals surface area contributed by atoms with Gasteiger partial charge in [0.25, 0.3) is 11.8 Å². The largest absolute Gasteiger partial charge is 0.482 e. The molecule has 2 aromatic carbocycles. The van der Waals surface area contributed by atoms with Crippen LogP contribution < -0.4 is 19.7 Å². The number of ketones is 1. The highest BCUT2D eigenvalue weighted by molar-refractivity contribution is 7.09. The van der Waals surface area contributed by atoms with Crippen LogP contribution in [-0.4, -0.2) is 41.8 Å². The molecule has 2 aliphatic rings. The molecule has 1 unspecified atom stereocenters. The van der Waals surface area contributed by atoms with Gasteiger partial charge in [0, 0.05) is 16.5 Å². The highest BCUT2D eigenvalue weighted by Crippen LogP contribution is 2.37. The molecule has 1 aromatic heterocycles. The number of aryl methyl sites for hydroxylation is 1. The standard InChI is InChI=1S/C23H19N3O5S/c1-12-23(29)25-16-7-15(4-5-20(16)31-12)19(27)9-26-18-8-14(17-11-32-13(2)24-17)3-6-21(18)30-10-22(26)28/h3-8,11-12H,9-10H2,1-2H3,(H,25,29). The lowest BCUT2D eigenvalue weighted by atomic mass is 10.1. The number of thiazole rings is 1. The Kier molecular flexibility index (Phi) is 4.90. The van der Waals surface area contributed by atoms with E-state index in [-0.39, 0.29) is 30.7 Å². The van der Waals surface area contributed by atoms with Crippen molar-refractivity contribution in [1.29, 1.82) is 0 Å². The molecule has 0 bridgehead atoms. The lowest BCUT2D eigenvalue weighted by molar-refractivity contribution is -0.123. The maximum absolute atomic E-state index is 13.1. The highest BCUT2D eigenvalue weighted by Gasteiger charge is 2.29. The summed E-state index contributed by atoms with van der Waals surface area (Å²) in [4.78, 5) is 43.5. The number of rotatable bonds is 4. The third-order valence-electron chi connectivity index (χ3n) is 5.35. The fourth-order valence-electron chi connectivity index (χ4n) is 3.65. The van der Waals surface area contributed by atoms with Crippen molar-refractivity contribution in [3.63, 3.8) is 0 Å². The molecule has 5 rings (SSSR count). The first-order valence-electron chi connectivity index (χ1n) is 10.0. The van der Waals surface area contributed by atoms with E-state index in [0.717, 1.165) is 16.3 Å². The van der Waals surface area contributed by atoms with E-state index in [1.807, 2.05) is 24.4 Å². The predicted octanol–water partition coefficient (Wildman–Crippen LogP) is 3.45. The smallest absolute Gasteiger partial charge is 0.265 e. The minimum atomic E-state index is -0.595. The first-order valence-corrected chi connectivity index (χ1v) is 10.9. The molecule has 2 amide bonds. The third kappa shape index (κ3) is 3.60. The van der Waals surface area contributed by atoms with Crippen molar-refractivity contribution >= 4 is 40.3 Å². The van der Waals surface area contributed by atoms with Gasteiger partial charge < -0.3 is 14.8 Å². The normalized spacial score (nSPS) is 17.1. The van der Waals surface area contributed by atoms with Crippen LogP contribution in [0.3, 0.4) is 0 Å². The maximum atomic E-state index is 13.1. The molecular weight excluding hydrogens is 430 g/mol. The number of nitrogens with one attached hydrogen (secondary N) is 1. The van der Waals surface area contributed by atoms with Gasteiger partial charge in [-0.15, -0.1) is 11.3 Å². The summed E-state index contributed by atoms with van der Waals surface area (Å²) in [7, 11) is 0. The van der Waals surface area contributed by atoms with E-state index in [4.69, 9.17) is 9.47 Å². The summed E-state index contributed by atoms with van der Waals surface area (Å²) in [5.41, 5.74) is 2.98. The summed E-state index contributed by atoms with van der Waals surface area (Å²) >= 11 is 1.54. The number of ether oxygens (including phenoxy) is 2. The van der Waals surface area contributed by atoms with Crippen LogP contribution in [0.2, 0.25) is 0 Å². The van der Waals surface area contributed by atoms with Gasteiger partial charge in [-0.05, 0) is 50.2 Å². The average Bonchev–Trinajstić information content (AvgIpc) is 3.22. The van der Waals surface area contributed by atoms with Gasteiger partial charge in [0.2, 0.25) is 0 Å². The van der Waals surface area contributed by atoms with Gasteiger partial charge in [-0.2, -0.15) is 0 Å². The number of carbonyl (C=O) groups excluding carboxylic acids is 3. The maximum Gasteiger partial charge on any atom is 0.265 e. The van der Waals surface area contributed by atoms with Crippen molar-refractivity contribution in [2.24, 2.45) is 0 Å². The lowest BCUT2D eigenvalue weighted by Crippen LogP contribution is -2.42. The number of hydrogen-bond acceptors (Lipinski definition) is 7. The fourth-order valence-corrected chi connectivity index (χ4v) is 4.27. The van der Waals surface area contributed by atoms with Gasteiger partial charge >= 0.3 is 0 Å². The molecule has 0 spiro atoms. The van der Waals surface area contributed by atoms with E-state index in [2.05, 4.69) is 10.3 Å². The second-order valence-electron chi connectivity index (χ2n) is 7.59. The van der Waals surface area contributed by atoms with Gasteiger partial charge in [0.15, 0.2) is 18.5 Å². The van der Waals surface area contributed by atoms with Crippen LogP contribution >= 0.6 is 11.3 Å². The topological polar surface area (TPSA) is 97.8 Å². The summed E-state index contributed by atoms with van der Waals surface area (Å²) < 4.78 is 11.1. The van der Waals surface area contributed by atoms with Crippen molar-refractivity contribution in [2.45, 2.75) is 20.0 Å². The van der Waals surface area contributed by atoms with Crippen LogP contribution in [0.15, 0.2) is 41.8 Å². The number of fused-ring (bicyclic) bond motifs is 2. The molecule has 0 saturated heterocycles. The van der Waals surface area contributed by atoms with E-state index in [0.29, 0.717) is 28.4 Å². The first kappa shape index (κ1) is 20.2. The molecule has 3 aromatic rings. The van der Waals surface area contributed by atoms with E-state index in [9.17, 15) is 14.4 Å². The molecule has 0 aliphatic carbocycles. The Morgan fingerprint density at radius 3 is 2.81 bits per heavy atom. The number of anilines is 2. The molecule has 0 radical (unpaired) electrons. The van der Waals surface area contributed by atoms with Crippen LogP contribution in [0.25, 0.3) is 11.3 Å². The molecule has 9 heteroatoms. The Bertz CT molecular complexity index is 1270. The van der Waals surface area contributed by atoms with Crippen molar-refractivity contribution in [3.8, 4) is 22.8 Å². The minimum absolute atomic E-state index is 0.137. The average molecular weight is 449 g/mol. The Labute approximate surface area is 187 Å². The van der Waals surface area contributed by atoms with Gasteiger partial charge in [0.1, 0.15) is 11.5 Å². The second kappa shape index (κ2) is 7.76. The summed E-state index contributed by atoms with van der Waals surface area (Å²) in [6, 6.07) is 10.3. The Balaban J connectivity index is 1.43. The predicted molar refractivity (Wildman–Crippen MR) is 120 cm³/mol. The zero-order valence-electron chi connectivity index (χ0n) is 17.4. The molecule has 2 aliphatic heterocycles. The quantitative estimate of drug-likeness (QED) is 0.613. The number of carbonyl (C=O) groups is 3. The number of hydrogen-bond donors (Lipinski definition) is 1. The summed E-state index contributed by atoms with van der Waals surface area (Å²) in [6.07, 6.45) is -0.595. The van der Waals surface area contributed by atoms with E-state index in [1.165, 1.54) is 4.90 Å². The van der Waals surface area contributed by atoms with E-state index < -0.39 is 6.10 Å². The Morgan fingerprint density at radius 2 is 2.03 bits per heavy atom. The second-order valence-corrected chi connectivity index (χ2v) is 8.65. The molecular formula is C23H19N3O5S. The third-order valence-corrected chi connectivity index (χ3v) is 6.12. The number of Topliss-reactive ketones (excluding diaryl/α,β-unsaturated/α-hetero) is 1. The Morgan fingerprint density at radius 1 is 1.22 bits per heavy atom. The summed E-state index contributed by atoms with van der Waals surface area (Å²) in [6.45, 7) is 3.29. The van der Waals surface area contributed by atoms with Crippen LogP contribution in [0, 0.1) is 6.92 Å². The highest BCUT2D eigenvalue weighted by atomic mass is 32.1. The van der Waals surface area contributed by atoms with Gasteiger partial charge in [0.05, 0.1) is 28.6 Å². The molecule has 1 atom stereocenters. The lowest BCUT2D eigenvalue weighted by Gasteiger charge is -2.29. The molecule has 0 saturated carbocycles. The summed E-state index contributed by atoms with van der Waals surface area (Å²) in [5.74, 6) is 0.194. The monoisotopic (exact) mass is 449 g/mol. The van der Waals surface area contributed by atoms with Crippen LogP contribution in [0.1, 0.15) is 22.3 Å².